The van der Waals surface area contributed by atoms with E-state index in [1.165, 1.54) is 0 Å². The summed E-state index contributed by atoms with van der Waals surface area (Å²) in [6.07, 6.45) is 0.694. The molecule has 6 rings (SSSR count). The van der Waals surface area contributed by atoms with Crippen molar-refractivity contribution in [2.24, 2.45) is 0 Å². The molecule has 6 N–H and O–H groups in total. The number of nitrogens with zero attached hydrogens (tertiary/aromatic N) is 2. The van der Waals surface area contributed by atoms with Crippen LogP contribution in [0, 0.1) is 11.8 Å². The average Bonchev–Trinajstić information content (AvgIpc) is 3.56. The maximum absolute atomic E-state index is 9.75. The van der Waals surface area contributed by atoms with Crippen LogP contribution in [0.5, 0.6) is 0 Å². The third-order valence-corrected chi connectivity index (χ3v) is 6.23. The van der Waals surface area contributed by atoms with Gasteiger partial charge in [0.1, 0.15) is 11.6 Å². The van der Waals surface area contributed by atoms with Gasteiger partial charge in [0.15, 0.2) is 0 Å². The number of rotatable bonds is 2. The Morgan fingerprint density at radius 2 is 1.19 bits per heavy atom. The van der Waals surface area contributed by atoms with Gasteiger partial charge in [0.2, 0.25) is 0 Å². The van der Waals surface area contributed by atoms with E-state index in [9.17, 15) is 10.2 Å². The Morgan fingerprint density at radius 1 is 0.719 bits per heavy atom. The first-order valence-corrected chi connectivity index (χ1v) is 10.9. The Kier molecular flexibility index (Phi) is 4.70. The van der Waals surface area contributed by atoms with Crippen molar-refractivity contribution >= 4 is 22.1 Å². The number of fused-ring (bicyclic) bond motifs is 2. The molecule has 2 saturated heterocycles. The number of aromatic nitrogens is 4. The number of β-amino-alcohol motifs (C(OH)–C–C–N with tert-alkyl or cyclic N) is 2. The molecule has 2 aromatic carbocycles. The maximum atomic E-state index is 9.75. The molecule has 2 fully saturated rings. The second kappa shape index (κ2) is 7.73. The molecule has 0 saturated carbocycles. The summed E-state index contributed by atoms with van der Waals surface area (Å²) in [6.45, 7) is 1.19. The molecule has 4 atom stereocenters. The fourth-order valence-electron chi connectivity index (χ4n) is 4.53. The second-order valence-corrected chi connectivity index (χ2v) is 8.66. The van der Waals surface area contributed by atoms with E-state index in [0.717, 1.165) is 44.8 Å². The fraction of sp³-hybridized carbons (Fsp3) is 0.333. The number of aliphatic hydroxyl groups is 2. The minimum absolute atomic E-state index is 0.0556. The molecule has 0 unspecified atom stereocenters. The molecule has 2 aliphatic heterocycles. The van der Waals surface area contributed by atoms with Gasteiger partial charge in [-0.1, -0.05) is 11.8 Å². The number of imidazole rings is 2. The first-order valence-electron chi connectivity index (χ1n) is 10.9. The number of H-pyrrole nitrogens is 2. The second-order valence-electron chi connectivity index (χ2n) is 8.66. The average molecular weight is 428 g/mol. The minimum atomic E-state index is -0.321. The zero-order valence-corrected chi connectivity index (χ0v) is 17.4. The number of nitrogens with one attached hydrogen (secondary N) is 4. The van der Waals surface area contributed by atoms with Crippen LogP contribution in [-0.2, 0) is 0 Å². The van der Waals surface area contributed by atoms with E-state index in [1.807, 2.05) is 36.4 Å². The monoisotopic (exact) mass is 428 g/mol. The molecule has 0 bridgehead atoms. The van der Waals surface area contributed by atoms with E-state index >= 15 is 0 Å². The summed E-state index contributed by atoms with van der Waals surface area (Å²) >= 11 is 0. The molecular formula is C24H24N6O2. The lowest BCUT2D eigenvalue weighted by Gasteiger charge is -2.04. The van der Waals surface area contributed by atoms with Crippen molar-refractivity contribution in [1.82, 2.24) is 30.6 Å². The predicted molar refractivity (Wildman–Crippen MR) is 121 cm³/mol. The summed E-state index contributed by atoms with van der Waals surface area (Å²) in [7, 11) is 0. The van der Waals surface area contributed by atoms with Crippen molar-refractivity contribution in [2.75, 3.05) is 13.1 Å². The highest BCUT2D eigenvalue weighted by molar-refractivity contribution is 5.78. The third kappa shape index (κ3) is 3.66. The number of hydrogen-bond donors (Lipinski definition) is 6. The van der Waals surface area contributed by atoms with Crippen molar-refractivity contribution in [3.8, 4) is 11.8 Å². The molecule has 32 heavy (non-hydrogen) atoms. The zero-order valence-electron chi connectivity index (χ0n) is 17.4. The summed E-state index contributed by atoms with van der Waals surface area (Å²) in [5, 5.41) is 26.1. The van der Waals surface area contributed by atoms with Crippen LogP contribution in [-0.4, -0.2) is 55.4 Å². The van der Waals surface area contributed by atoms with Crippen LogP contribution >= 0.6 is 0 Å². The normalized spacial score (nSPS) is 25.4. The van der Waals surface area contributed by atoms with E-state index < -0.39 is 0 Å². The van der Waals surface area contributed by atoms with Crippen molar-refractivity contribution in [2.45, 2.75) is 37.1 Å². The molecule has 4 aromatic rings. The molecule has 2 aliphatic rings. The molecule has 162 valence electrons. The van der Waals surface area contributed by atoms with E-state index in [0.29, 0.717) is 25.9 Å². The molecule has 0 amide bonds. The first kappa shape index (κ1) is 19.5. The summed E-state index contributed by atoms with van der Waals surface area (Å²) in [6, 6.07) is 12.0. The molecule has 8 nitrogen and oxygen atoms in total. The standard InChI is InChI=1S/C24H24N6O2/c31-15-9-21(25-11-15)23-27-17-5-3-13(7-19(17)29-23)1-2-14-4-6-18-20(8-14)30-24(28-18)22-10-16(32)12-26-22/h3-8,15-16,21-22,25-26,31-32H,9-12H2,(H,27,29)(H,28,30)/t15-,16-,21+,22+/m1/s1. The van der Waals surface area contributed by atoms with Crippen LogP contribution in [0.4, 0.5) is 0 Å². The van der Waals surface area contributed by atoms with Gasteiger partial charge < -0.3 is 30.8 Å². The van der Waals surface area contributed by atoms with E-state index in [-0.39, 0.29) is 24.3 Å². The van der Waals surface area contributed by atoms with Gasteiger partial charge in [-0.05, 0) is 49.2 Å². The molecule has 0 aliphatic carbocycles. The van der Waals surface area contributed by atoms with Crippen LogP contribution < -0.4 is 10.6 Å². The Hall–Kier alpha value is -3.22. The molecule has 0 spiro atoms. The number of hydrogen-bond acceptors (Lipinski definition) is 6. The lowest BCUT2D eigenvalue weighted by Crippen LogP contribution is -2.15. The molecular weight excluding hydrogens is 404 g/mol. The van der Waals surface area contributed by atoms with Crippen LogP contribution in [0.2, 0.25) is 0 Å². The van der Waals surface area contributed by atoms with Gasteiger partial charge in [0.05, 0.1) is 46.4 Å². The van der Waals surface area contributed by atoms with E-state index in [1.54, 1.807) is 0 Å². The van der Waals surface area contributed by atoms with Gasteiger partial charge in [-0.3, -0.25) is 0 Å². The number of aromatic amines is 2. The molecule has 4 heterocycles. The maximum Gasteiger partial charge on any atom is 0.124 e. The third-order valence-electron chi connectivity index (χ3n) is 6.23. The Morgan fingerprint density at radius 3 is 1.59 bits per heavy atom. The van der Waals surface area contributed by atoms with Crippen LogP contribution in [0.25, 0.3) is 22.1 Å². The lowest BCUT2D eigenvalue weighted by atomic mass is 10.1. The summed E-state index contributed by atoms with van der Waals surface area (Å²) in [4.78, 5) is 16.1. The smallest absolute Gasteiger partial charge is 0.124 e. The van der Waals surface area contributed by atoms with Crippen molar-refractivity contribution in [3.63, 3.8) is 0 Å². The van der Waals surface area contributed by atoms with Gasteiger partial charge >= 0.3 is 0 Å². The number of benzene rings is 2. The van der Waals surface area contributed by atoms with Gasteiger partial charge in [0, 0.05) is 24.2 Å². The van der Waals surface area contributed by atoms with E-state index in [2.05, 4.69) is 32.4 Å². The molecule has 8 heteroatoms. The fourth-order valence-corrected chi connectivity index (χ4v) is 4.53. The highest BCUT2D eigenvalue weighted by atomic mass is 16.3. The highest BCUT2D eigenvalue weighted by Gasteiger charge is 2.26. The van der Waals surface area contributed by atoms with Crippen molar-refractivity contribution in [1.29, 1.82) is 0 Å². The Bertz CT molecular complexity index is 1260. The SMILES string of the molecule is O[C@H]1CN[C@H](c2nc3cc(C#Cc4ccc5[nH]c([C@@H]6C[C@@H](O)CN6)nc5c4)ccc3[nH]2)C1. The van der Waals surface area contributed by atoms with Crippen LogP contribution in [0.15, 0.2) is 36.4 Å². The van der Waals surface area contributed by atoms with Crippen LogP contribution in [0.1, 0.15) is 47.7 Å². The van der Waals surface area contributed by atoms with Gasteiger partial charge in [-0.15, -0.1) is 0 Å². The minimum Gasteiger partial charge on any atom is -0.392 e. The predicted octanol–water partition coefficient (Wildman–Crippen LogP) is 1.63. The Labute approximate surface area is 184 Å². The van der Waals surface area contributed by atoms with Crippen LogP contribution in [0.3, 0.4) is 0 Å². The largest absolute Gasteiger partial charge is 0.392 e. The molecule has 0 radical (unpaired) electrons. The molecule has 2 aromatic heterocycles. The summed E-state index contributed by atoms with van der Waals surface area (Å²) in [5.41, 5.74) is 5.45. The highest BCUT2D eigenvalue weighted by Crippen LogP contribution is 2.25. The summed E-state index contributed by atoms with van der Waals surface area (Å²) in [5.74, 6) is 8.16. The van der Waals surface area contributed by atoms with Gasteiger partial charge in [-0.25, -0.2) is 9.97 Å². The van der Waals surface area contributed by atoms with E-state index in [4.69, 9.17) is 9.97 Å². The van der Waals surface area contributed by atoms with Crippen molar-refractivity contribution < 1.29 is 10.2 Å². The zero-order chi connectivity index (χ0) is 21.7. The lowest BCUT2D eigenvalue weighted by molar-refractivity contribution is 0.192. The Balaban J connectivity index is 1.24. The van der Waals surface area contributed by atoms with Gasteiger partial charge in [0.25, 0.3) is 0 Å². The topological polar surface area (TPSA) is 122 Å². The first-order chi connectivity index (χ1) is 15.6. The number of aliphatic hydroxyl groups excluding tert-OH is 2. The van der Waals surface area contributed by atoms with Gasteiger partial charge in [-0.2, -0.15) is 0 Å². The van der Waals surface area contributed by atoms with Crippen molar-refractivity contribution in [3.05, 3.63) is 59.2 Å². The summed E-state index contributed by atoms with van der Waals surface area (Å²) < 4.78 is 0. The quantitative estimate of drug-likeness (QED) is 0.270.